The third kappa shape index (κ3) is 5.39. The Labute approximate surface area is 215 Å². The molecule has 188 valence electrons. The number of fused-ring (bicyclic) bond motifs is 1. The number of nitrogens with one attached hydrogen (secondary N) is 4. The van der Waals surface area contributed by atoms with Crippen molar-refractivity contribution in [3.8, 4) is 5.75 Å². The maximum Gasteiger partial charge on any atom is 0.223 e. The lowest BCUT2D eigenvalue weighted by atomic mass is 9.74. The van der Waals surface area contributed by atoms with Crippen molar-refractivity contribution in [3.63, 3.8) is 0 Å². The van der Waals surface area contributed by atoms with Crippen LogP contribution in [-0.4, -0.2) is 18.7 Å². The molecule has 0 radical (unpaired) electrons. The lowest BCUT2D eigenvalue weighted by Gasteiger charge is -2.40. The van der Waals surface area contributed by atoms with Crippen LogP contribution < -0.4 is 26.2 Å². The Balaban J connectivity index is 1.38. The van der Waals surface area contributed by atoms with Crippen LogP contribution in [0.25, 0.3) is 0 Å². The summed E-state index contributed by atoms with van der Waals surface area (Å²) >= 11 is 6.12. The molecule has 2 aliphatic rings. The van der Waals surface area contributed by atoms with E-state index < -0.39 is 0 Å². The van der Waals surface area contributed by atoms with Gasteiger partial charge in [-0.1, -0.05) is 48.0 Å². The van der Waals surface area contributed by atoms with Crippen molar-refractivity contribution < 1.29 is 13.9 Å². The van der Waals surface area contributed by atoms with E-state index in [4.69, 9.17) is 16.3 Å². The predicted octanol–water partition coefficient (Wildman–Crippen LogP) is 4.64. The summed E-state index contributed by atoms with van der Waals surface area (Å²) in [6.07, 6.45) is 0.523. The van der Waals surface area contributed by atoms with Crippen LogP contribution in [-0.2, 0) is 11.3 Å². The molecule has 0 spiro atoms. The second kappa shape index (κ2) is 11.0. The van der Waals surface area contributed by atoms with Gasteiger partial charge in [0, 0.05) is 29.4 Å². The van der Waals surface area contributed by atoms with Crippen LogP contribution in [0.5, 0.6) is 5.75 Å². The SMILES string of the molecule is CCOc1ccc(C2CC(C(=O)NCc3ccc(F)cc3)C3C(NNC3c3ccc(Cl)cc3)N2)cc1. The molecule has 3 aromatic rings. The first-order valence-electron chi connectivity index (χ1n) is 12.3. The number of hydrogen-bond acceptors (Lipinski definition) is 5. The van der Waals surface area contributed by atoms with Gasteiger partial charge in [0.1, 0.15) is 11.6 Å². The van der Waals surface area contributed by atoms with E-state index >= 15 is 0 Å². The van der Waals surface area contributed by atoms with Crippen molar-refractivity contribution in [2.75, 3.05) is 6.61 Å². The van der Waals surface area contributed by atoms with E-state index in [0.29, 0.717) is 24.6 Å². The lowest BCUT2D eigenvalue weighted by molar-refractivity contribution is -0.129. The Morgan fingerprint density at radius 1 is 1.00 bits per heavy atom. The van der Waals surface area contributed by atoms with Gasteiger partial charge in [0.15, 0.2) is 0 Å². The molecule has 0 bridgehead atoms. The van der Waals surface area contributed by atoms with Gasteiger partial charge in [-0.2, -0.15) is 0 Å². The van der Waals surface area contributed by atoms with Crippen LogP contribution in [0.1, 0.15) is 42.1 Å². The highest BCUT2D eigenvalue weighted by Crippen LogP contribution is 2.42. The smallest absolute Gasteiger partial charge is 0.223 e. The number of halogens is 2. The Morgan fingerprint density at radius 2 is 1.69 bits per heavy atom. The first-order valence-corrected chi connectivity index (χ1v) is 12.7. The van der Waals surface area contributed by atoms with Gasteiger partial charge in [-0.25, -0.2) is 15.2 Å². The Kier molecular flexibility index (Phi) is 7.53. The zero-order chi connectivity index (χ0) is 25.1. The molecule has 2 fully saturated rings. The minimum Gasteiger partial charge on any atom is -0.494 e. The molecule has 2 heterocycles. The van der Waals surface area contributed by atoms with E-state index in [9.17, 15) is 9.18 Å². The van der Waals surface area contributed by atoms with E-state index in [1.807, 2.05) is 43.3 Å². The van der Waals surface area contributed by atoms with Gasteiger partial charge in [0.2, 0.25) is 5.91 Å². The average molecular weight is 509 g/mol. The van der Waals surface area contributed by atoms with Gasteiger partial charge in [-0.05, 0) is 66.4 Å². The fourth-order valence-corrected chi connectivity index (χ4v) is 5.38. The zero-order valence-corrected chi connectivity index (χ0v) is 20.8. The Bertz CT molecular complexity index is 1170. The monoisotopic (exact) mass is 508 g/mol. The lowest BCUT2D eigenvalue weighted by Crippen LogP contribution is -2.54. The topological polar surface area (TPSA) is 74.4 Å². The number of benzene rings is 3. The van der Waals surface area contributed by atoms with E-state index in [-0.39, 0.29) is 41.8 Å². The van der Waals surface area contributed by atoms with Crippen molar-refractivity contribution in [2.45, 2.75) is 38.1 Å². The number of rotatable bonds is 7. The summed E-state index contributed by atoms with van der Waals surface area (Å²) in [5.74, 6) is 0.219. The maximum absolute atomic E-state index is 13.6. The number of carbonyl (C=O) groups excluding carboxylic acids is 1. The second-order valence-electron chi connectivity index (χ2n) is 9.28. The van der Waals surface area contributed by atoms with Crippen LogP contribution in [0.4, 0.5) is 4.39 Å². The summed E-state index contributed by atoms with van der Waals surface area (Å²) in [5, 5.41) is 7.46. The third-order valence-electron chi connectivity index (χ3n) is 7.04. The van der Waals surface area contributed by atoms with Crippen molar-refractivity contribution >= 4 is 17.5 Å². The molecular weight excluding hydrogens is 479 g/mol. The van der Waals surface area contributed by atoms with Crippen LogP contribution in [0.15, 0.2) is 72.8 Å². The molecular formula is C28H30ClFN4O2. The number of piperidine rings is 1. The summed E-state index contributed by atoms with van der Waals surface area (Å²) in [4.78, 5) is 13.6. The van der Waals surface area contributed by atoms with Crippen molar-refractivity contribution in [2.24, 2.45) is 11.8 Å². The van der Waals surface area contributed by atoms with Crippen LogP contribution in [0.3, 0.4) is 0 Å². The summed E-state index contributed by atoms with van der Waals surface area (Å²) in [7, 11) is 0. The highest BCUT2D eigenvalue weighted by Gasteiger charge is 2.49. The number of carbonyl (C=O) groups is 1. The highest BCUT2D eigenvalue weighted by molar-refractivity contribution is 6.30. The van der Waals surface area contributed by atoms with E-state index in [1.54, 1.807) is 12.1 Å². The number of ether oxygens (including phenoxy) is 1. The number of hydrogen-bond donors (Lipinski definition) is 4. The molecule has 5 rings (SSSR count). The number of hydrazine groups is 1. The van der Waals surface area contributed by atoms with Gasteiger partial charge < -0.3 is 10.1 Å². The van der Waals surface area contributed by atoms with Crippen LogP contribution in [0, 0.1) is 17.7 Å². The predicted molar refractivity (Wildman–Crippen MR) is 138 cm³/mol. The molecule has 0 aliphatic carbocycles. The quantitative estimate of drug-likeness (QED) is 0.374. The van der Waals surface area contributed by atoms with Crippen molar-refractivity contribution in [1.82, 2.24) is 21.5 Å². The highest BCUT2D eigenvalue weighted by atomic mass is 35.5. The molecule has 3 aromatic carbocycles. The molecule has 8 heteroatoms. The molecule has 5 unspecified atom stereocenters. The fraction of sp³-hybridized carbons (Fsp3) is 0.321. The maximum atomic E-state index is 13.6. The van der Waals surface area contributed by atoms with Crippen LogP contribution in [0.2, 0.25) is 5.02 Å². The molecule has 0 aromatic heterocycles. The standard InChI is InChI=1S/C28H30ClFN4O2/c1-2-36-22-13-7-18(8-14-22)24-15-23(28(35)31-16-17-3-11-21(30)12-4-17)25-26(33-34-27(25)32-24)19-5-9-20(29)10-6-19/h3-14,23-27,32-34H,2,15-16H2,1H3,(H,31,35). The van der Waals surface area contributed by atoms with Crippen LogP contribution >= 0.6 is 11.6 Å². The molecule has 5 atom stereocenters. The molecule has 36 heavy (non-hydrogen) atoms. The Hall–Kier alpha value is -2.97. The van der Waals surface area contributed by atoms with Crippen molar-refractivity contribution in [3.05, 3.63) is 100 Å². The van der Waals surface area contributed by atoms with E-state index in [2.05, 4.69) is 33.6 Å². The molecule has 2 aliphatic heterocycles. The average Bonchev–Trinajstić information content (AvgIpc) is 3.33. The normalized spacial score (nSPS) is 25.2. The molecule has 1 amide bonds. The number of amides is 1. The van der Waals surface area contributed by atoms with Gasteiger partial charge in [-0.3, -0.25) is 10.1 Å². The van der Waals surface area contributed by atoms with Gasteiger partial charge in [0.05, 0.1) is 18.8 Å². The van der Waals surface area contributed by atoms with E-state index in [1.165, 1.54) is 12.1 Å². The molecule has 0 saturated carbocycles. The van der Waals surface area contributed by atoms with Gasteiger partial charge >= 0.3 is 0 Å². The minimum atomic E-state index is -0.293. The molecule has 6 nitrogen and oxygen atoms in total. The molecule has 2 saturated heterocycles. The van der Waals surface area contributed by atoms with Gasteiger partial charge in [-0.15, -0.1) is 0 Å². The first-order chi connectivity index (χ1) is 17.5. The summed E-state index contributed by atoms with van der Waals surface area (Å²) in [6, 6.07) is 21.9. The summed E-state index contributed by atoms with van der Waals surface area (Å²) in [5.41, 5.74) is 9.80. The second-order valence-corrected chi connectivity index (χ2v) is 9.72. The van der Waals surface area contributed by atoms with Crippen molar-refractivity contribution in [1.29, 1.82) is 0 Å². The summed E-state index contributed by atoms with van der Waals surface area (Å²) in [6.45, 7) is 2.92. The van der Waals surface area contributed by atoms with E-state index in [0.717, 1.165) is 22.4 Å². The first kappa shape index (κ1) is 24.7. The largest absolute Gasteiger partial charge is 0.494 e. The fourth-order valence-electron chi connectivity index (χ4n) is 5.25. The Morgan fingerprint density at radius 3 is 2.39 bits per heavy atom. The zero-order valence-electron chi connectivity index (χ0n) is 20.0. The minimum absolute atomic E-state index is 0.0123. The third-order valence-corrected chi connectivity index (χ3v) is 7.29. The summed E-state index contributed by atoms with van der Waals surface area (Å²) < 4.78 is 18.9. The van der Waals surface area contributed by atoms with Gasteiger partial charge in [0.25, 0.3) is 0 Å². The molecule has 4 N–H and O–H groups in total.